The van der Waals surface area contributed by atoms with Crippen molar-refractivity contribution in [1.29, 1.82) is 5.26 Å². The Morgan fingerprint density at radius 3 is 2.70 bits per heavy atom. The average molecular weight is 275 g/mol. The first-order valence-corrected chi connectivity index (χ1v) is 7.39. The smallest absolute Gasteiger partial charge is 0.136 e. The van der Waals surface area contributed by atoms with E-state index in [9.17, 15) is 0 Å². The molecule has 0 aliphatic rings. The molecular formula is C17H25NO2. The summed E-state index contributed by atoms with van der Waals surface area (Å²) in [7, 11) is 1.58. The molecule has 0 heterocycles. The second kappa shape index (κ2) is 9.39. The predicted molar refractivity (Wildman–Crippen MR) is 80.7 cm³/mol. The third kappa shape index (κ3) is 5.22. The van der Waals surface area contributed by atoms with Gasteiger partial charge in [0.05, 0.1) is 19.3 Å². The number of hydrogen-bond acceptors (Lipinski definition) is 3. The highest BCUT2D eigenvalue weighted by Crippen LogP contribution is 2.20. The number of hydrogen-bond donors (Lipinski definition) is 0. The van der Waals surface area contributed by atoms with Crippen LogP contribution in [0.2, 0.25) is 0 Å². The van der Waals surface area contributed by atoms with E-state index in [0.717, 1.165) is 18.6 Å². The molecule has 110 valence electrons. The van der Waals surface area contributed by atoms with Gasteiger partial charge in [-0.15, -0.1) is 0 Å². The van der Waals surface area contributed by atoms with Gasteiger partial charge in [-0.1, -0.05) is 39.2 Å². The van der Waals surface area contributed by atoms with Gasteiger partial charge in [0.25, 0.3) is 0 Å². The Hall–Kier alpha value is -1.53. The van der Waals surface area contributed by atoms with Crippen molar-refractivity contribution in [2.24, 2.45) is 5.92 Å². The Balaban J connectivity index is 2.47. The van der Waals surface area contributed by atoms with Gasteiger partial charge in [0.1, 0.15) is 11.8 Å². The maximum absolute atomic E-state index is 9.05. The molecule has 0 aliphatic heterocycles. The normalized spacial score (nSPS) is 11.9. The van der Waals surface area contributed by atoms with Crippen LogP contribution in [0.25, 0.3) is 0 Å². The molecule has 1 rings (SSSR count). The van der Waals surface area contributed by atoms with Crippen LogP contribution in [-0.2, 0) is 11.3 Å². The topological polar surface area (TPSA) is 42.2 Å². The standard InChI is InChI=1S/C17H25NO2/c1-4-6-7-14(5-2)12-20-13-15-8-9-17(19-3)16(10-15)11-18/h8-10,14H,4-7,12-13H2,1-3H3. The third-order valence-corrected chi connectivity index (χ3v) is 3.55. The molecule has 0 fully saturated rings. The zero-order chi connectivity index (χ0) is 14.8. The highest BCUT2D eigenvalue weighted by atomic mass is 16.5. The number of nitrogens with zero attached hydrogens (tertiary/aromatic N) is 1. The van der Waals surface area contributed by atoms with Gasteiger partial charge >= 0.3 is 0 Å². The summed E-state index contributed by atoms with van der Waals surface area (Å²) in [6.45, 7) is 5.78. The first-order valence-electron chi connectivity index (χ1n) is 7.39. The van der Waals surface area contributed by atoms with Crippen LogP contribution in [0.3, 0.4) is 0 Å². The van der Waals surface area contributed by atoms with E-state index < -0.39 is 0 Å². The van der Waals surface area contributed by atoms with E-state index >= 15 is 0 Å². The fraction of sp³-hybridized carbons (Fsp3) is 0.588. The molecule has 0 spiro atoms. The monoisotopic (exact) mass is 275 g/mol. The van der Waals surface area contributed by atoms with Crippen LogP contribution in [-0.4, -0.2) is 13.7 Å². The predicted octanol–water partition coefficient (Wildman–Crippen LogP) is 4.30. The lowest BCUT2D eigenvalue weighted by Crippen LogP contribution is -2.09. The van der Waals surface area contributed by atoms with E-state index in [0.29, 0.717) is 23.8 Å². The van der Waals surface area contributed by atoms with Crippen LogP contribution in [0.1, 0.15) is 50.7 Å². The summed E-state index contributed by atoms with van der Waals surface area (Å²) in [5.41, 5.74) is 1.58. The summed E-state index contributed by atoms with van der Waals surface area (Å²) in [5.74, 6) is 1.26. The molecule has 0 saturated carbocycles. The molecule has 1 atom stereocenters. The lowest BCUT2D eigenvalue weighted by molar-refractivity contribution is 0.0819. The molecular weight excluding hydrogens is 250 g/mol. The van der Waals surface area contributed by atoms with E-state index in [1.54, 1.807) is 7.11 Å². The van der Waals surface area contributed by atoms with Crippen molar-refractivity contribution in [3.63, 3.8) is 0 Å². The summed E-state index contributed by atoms with van der Waals surface area (Å²) in [6, 6.07) is 7.76. The van der Waals surface area contributed by atoms with Crippen molar-refractivity contribution in [2.75, 3.05) is 13.7 Å². The van der Waals surface area contributed by atoms with E-state index in [1.165, 1.54) is 19.3 Å². The zero-order valence-electron chi connectivity index (χ0n) is 12.8. The molecule has 1 unspecified atom stereocenters. The summed E-state index contributed by atoms with van der Waals surface area (Å²) < 4.78 is 10.9. The van der Waals surface area contributed by atoms with Crippen LogP contribution in [0.5, 0.6) is 5.75 Å². The first kappa shape index (κ1) is 16.5. The maximum Gasteiger partial charge on any atom is 0.136 e. The van der Waals surface area contributed by atoms with Gasteiger partial charge in [0.15, 0.2) is 0 Å². The van der Waals surface area contributed by atoms with Crippen molar-refractivity contribution in [3.05, 3.63) is 29.3 Å². The molecule has 0 saturated heterocycles. The quantitative estimate of drug-likeness (QED) is 0.674. The molecule has 1 aromatic rings. The van der Waals surface area contributed by atoms with Crippen molar-refractivity contribution in [2.45, 2.75) is 46.1 Å². The highest BCUT2D eigenvalue weighted by Gasteiger charge is 2.07. The van der Waals surface area contributed by atoms with Gasteiger partial charge < -0.3 is 9.47 Å². The molecule has 1 aromatic carbocycles. The maximum atomic E-state index is 9.05. The van der Waals surface area contributed by atoms with Crippen molar-refractivity contribution >= 4 is 0 Å². The lowest BCUT2D eigenvalue weighted by atomic mass is 10.0. The summed E-state index contributed by atoms with van der Waals surface area (Å²) in [5, 5.41) is 9.05. The van der Waals surface area contributed by atoms with Crippen molar-refractivity contribution in [3.8, 4) is 11.8 Å². The fourth-order valence-electron chi connectivity index (χ4n) is 2.17. The number of ether oxygens (including phenoxy) is 2. The van der Waals surface area contributed by atoms with Gasteiger partial charge in [-0.2, -0.15) is 5.26 Å². The Morgan fingerprint density at radius 1 is 1.30 bits per heavy atom. The Kier molecular flexibility index (Phi) is 7.75. The second-order valence-electron chi connectivity index (χ2n) is 5.08. The van der Waals surface area contributed by atoms with Gasteiger partial charge in [-0.25, -0.2) is 0 Å². The van der Waals surface area contributed by atoms with Crippen molar-refractivity contribution in [1.82, 2.24) is 0 Å². The number of rotatable bonds is 9. The lowest BCUT2D eigenvalue weighted by Gasteiger charge is -2.15. The highest BCUT2D eigenvalue weighted by molar-refractivity contribution is 5.45. The van der Waals surface area contributed by atoms with Crippen LogP contribution >= 0.6 is 0 Å². The zero-order valence-corrected chi connectivity index (χ0v) is 12.8. The van der Waals surface area contributed by atoms with Gasteiger partial charge in [0, 0.05) is 6.61 Å². The first-order chi connectivity index (χ1) is 9.74. The number of methoxy groups -OCH3 is 1. The van der Waals surface area contributed by atoms with Gasteiger partial charge in [-0.3, -0.25) is 0 Å². The number of unbranched alkanes of at least 4 members (excludes halogenated alkanes) is 1. The number of benzene rings is 1. The molecule has 0 aromatic heterocycles. The van der Waals surface area contributed by atoms with Gasteiger partial charge in [0.2, 0.25) is 0 Å². The van der Waals surface area contributed by atoms with Gasteiger partial charge in [-0.05, 0) is 30.0 Å². The van der Waals surface area contributed by atoms with E-state index in [-0.39, 0.29) is 0 Å². The molecule has 0 N–H and O–H groups in total. The fourth-order valence-corrected chi connectivity index (χ4v) is 2.17. The molecule has 20 heavy (non-hydrogen) atoms. The molecule has 0 bridgehead atoms. The number of nitriles is 1. The van der Waals surface area contributed by atoms with Crippen molar-refractivity contribution < 1.29 is 9.47 Å². The minimum absolute atomic E-state index is 0.557. The Bertz CT molecular complexity index is 437. The van der Waals surface area contributed by atoms with Crippen LogP contribution in [0.4, 0.5) is 0 Å². The molecule has 3 heteroatoms. The Morgan fingerprint density at radius 2 is 2.10 bits per heavy atom. The largest absolute Gasteiger partial charge is 0.495 e. The molecule has 0 aliphatic carbocycles. The third-order valence-electron chi connectivity index (χ3n) is 3.55. The summed E-state index contributed by atoms with van der Waals surface area (Å²) in [4.78, 5) is 0. The average Bonchev–Trinajstić information content (AvgIpc) is 2.50. The minimum atomic E-state index is 0.557. The molecule has 3 nitrogen and oxygen atoms in total. The summed E-state index contributed by atoms with van der Waals surface area (Å²) in [6.07, 6.45) is 4.90. The van der Waals surface area contributed by atoms with E-state index in [4.69, 9.17) is 14.7 Å². The molecule has 0 amide bonds. The minimum Gasteiger partial charge on any atom is -0.495 e. The van der Waals surface area contributed by atoms with E-state index in [2.05, 4.69) is 19.9 Å². The Labute approximate surface area is 122 Å². The van der Waals surface area contributed by atoms with Crippen LogP contribution in [0, 0.1) is 17.2 Å². The van der Waals surface area contributed by atoms with E-state index in [1.807, 2.05) is 18.2 Å². The van der Waals surface area contributed by atoms with Crippen LogP contribution in [0.15, 0.2) is 18.2 Å². The summed E-state index contributed by atoms with van der Waals surface area (Å²) >= 11 is 0. The van der Waals surface area contributed by atoms with Crippen LogP contribution < -0.4 is 4.74 Å². The second-order valence-corrected chi connectivity index (χ2v) is 5.08. The SMILES string of the molecule is CCCCC(CC)COCc1ccc(OC)c(C#N)c1. The molecule has 0 radical (unpaired) electrons.